The second-order valence-corrected chi connectivity index (χ2v) is 5.26. The summed E-state index contributed by atoms with van der Waals surface area (Å²) in [5.74, 6) is 0. The smallest absolute Gasteiger partial charge is 0.0699 e. The van der Waals surface area contributed by atoms with Crippen LogP contribution in [-0.2, 0) is 11.3 Å². The minimum Gasteiger partial charge on any atom is -0.377 e. The van der Waals surface area contributed by atoms with E-state index in [4.69, 9.17) is 4.74 Å². The molecule has 0 amide bonds. The van der Waals surface area contributed by atoms with E-state index in [1.807, 2.05) is 0 Å². The van der Waals surface area contributed by atoms with Crippen LogP contribution >= 0.6 is 0 Å². The Balaban J connectivity index is 1.62. The van der Waals surface area contributed by atoms with E-state index in [1.165, 1.54) is 35.6 Å². The molecule has 2 nitrogen and oxygen atoms in total. The van der Waals surface area contributed by atoms with Crippen molar-refractivity contribution in [1.29, 1.82) is 0 Å². The van der Waals surface area contributed by atoms with E-state index in [2.05, 4.69) is 47.8 Å². The largest absolute Gasteiger partial charge is 0.377 e. The lowest BCUT2D eigenvalue weighted by molar-refractivity contribution is 0.0168. The van der Waals surface area contributed by atoms with Crippen molar-refractivity contribution in [2.75, 3.05) is 13.2 Å². The van der Waals surface area contributed by atoms with Crippen molar-refractivity contribution in [1.82, 2.24) is 5.32 Å². The number of fused-ring (bicyclic) bond motifs is 1. The fraction of sp³-hybridized carbons (Fsp3) is 0.412. The Labute approximate surface area is 114 Å². The molecule has 0 saturated carbocycles. The van der Waals surface area contributed by atoms with Gasteiger partial charge in [0.2, 0.25) is 0 Å². The predicted molar refractivity (Wildman–Crippen MR) is 79.2 cm³/mol. The van der Waals surface area contributed by atoms with Crippen molar-refractivity contribution < 1.29 is 4.74 Å². The highest BCUT2D eigenvalue weighted by Gasteiger charge is 2.12. The van der Waals surface area contributed by atoms with Gasteiger partial charge in [0.15, 0.2) is 0 Å². The maximum Gasteiger partial charge on any atom is 0.0699 e. The van der Waals surface area contributed by atoms with E-state index in [0.717, 1.165) is 19.7 Å². The van der Waals surface area contributed by atoms with E-state index in [-0.39, 0.29) is 0 Å². The van der Waals surface area contributed by atoms with Gasteiger partial charge >= 0.3 is 0 Å². The molecule has 2 aromatic rings. The highest BCUT2D eigenvalue weighted by Crippen LogP contribution is 2.18. The molecule has 0 aromatic heterocycles. The second-order valence-electron chi connectivity index (χ2n) is 5.26. The quantitative estimate of drug-likeness (QED) is 0.903. The summed E-state index contributed by atoms with van der Waals surface area (Å²) in [7, 11) is 0. The molecule has 1 fully saturated rings. The van der Waals surface area contributed by atoms with Gasteiger partial charge in [-0.2, -0.15) is 0 Å². The van der Waals surface area contributed by atoms with Gasteiger partial charge in [0, 0.05) is 19.7 Å². The lowest BCUT2D eigenvalue weighted by Crippen LogP contribution is -2.31. The first-order valence-corrected chi connectivity index (χ1v) is 7.22. The molecule has 3 rings (SSSR count). The first kappa shape index (κ1) is 12.6. The van der Waals surface area contributed by atoms with Crippen LogP contribution < -0.4 is 5.32 Å². The molecule has 2 aromatic carbocycles. The highest BCUT2D eigenvalue weighted by atomic mass is 16.5. The van der Waals surface area contributed by atoms with Gasteiger partial charge < -0.3 is 10.1 Å². The van der Waals surface area contributed by atoms with Crippen molar-refractivity contribution in [2.45, 2.75) is 31.9 Å². The first-order chi connectivity index (χ1) is 9.43. The first-order valence-electron chi connectivity index (χ1n) is 7.22. The zero-order chi connectivity index (χ0) is 12.9. The molecule has 1 unspecified atom stereocenters. The topological polar surface area (TPSA) is 21.3 Å². The molecule has 0 spiro atoms. The summed E-state index contributed by atoms with van der Waals surface area (Å²) in [5.41, 5.74) is 1.37. The summed E-state index contributed by atoms with van der Waals surface area (Å²) in [6.45, 7) is 2.81. The van der Waals surface area contributed by atoms with Crippen LogP contribution in [-0.4, -0.2) is 19.3 Å². The van der Waals surface area contributed by atoms with Crippen molar-refractivity contribution in [2.24, 2.45) is 0 Å². The van der Waals surface area contributed by atoms with E-state index >= 15 is 0 Å². The van der Waals surface area contributed by atoms with Crippen LogP contribution in [0, 0.1) is 0 Å². The molecule has 0 bridgehead atoms. The second kappa shape index (κ2) is 6.18. The molecule has 2 heteroatoms. The summed E-state index contributed by atoms with van der Waals surface area (Å²) in [5, 5.41) is 6.20. The van der Waals surface area contributed by atoms with Crippen molar-refractivity contribution in [3.8, 4) is 0 Å². The zero-order valence-corrected chi connectivity index (χ0v) is 11.3. The van der Waals surface area contributed by atoms with Crippen LogP contribution in [0.4, 0.5) is 0 Å². The van der Waals surface area contributed by atoms with Gasteiger partial charge in [0.05, 0.1) is 6.10 Å². The number of hydrogen-bond acceptors (Lipinski definition) is 2. The molecular formula is C17H21NO. The van der Waals surface area contributed by atoms with Crippen LogP contribution in [0.2, 0.25) is 0 Å². The average Bonchev–Trinajstić information content (AvgIpc) is 2.49. The molecule has 19 heavy (non-hydrogen) atoms. The highest BCUT2D eigenvalue weighted by molar-refractivity contribution is 5.85. The minimum absolute atomic E-state index is 0.406. The third kappa shape index (κ3) is 3.14. The Morgan fingerprint density at radius 1 is 1.05 bits per heavy atom. The van der Waals surface area contributed by atoms with Gasteiger partial charge in [-0.15, -0.1) is 0 Å². The Kier molecular flexibility index (Phi) is 4.11. The van der Waals surface area contributed by atoms with Crippen LogP contribution in [0.1, 0.15) is 24.8 Å². The van der Waals surface area contributed by atoms with Crippen LogP contribution in [0.15, 0.2) is 42.5 Å². The van der Waals surface area contributed by atoms with E-state index < -0.39 is 0 Å². The number of rotatable bonds is 4. The third-order valence-corrected chi connectivity index (χ3v) is 3.84. The molecule has 1 N–H and O–H groups in total. The van der Waals surface area contributed by atoms with Gasteiger partial charge in [-0.05, 0) is 35.6 Å². The minimum atomic E-state index is 0.406. The monoisotopic (exact) mass is 255 g/mol. The third-order valence-electron chi connectivity index (χ3n) is 3.84. The zero-order valence-electron chi connectivity index (χ0n) is 11.3. The summed E-state index contributed by atoms with van der Waals surface area (Å²) >= 11 is 0. The molecule has 1 aliphatic rings. The maximum absolute atomic E-state index is 5.74. The summed E-state index contributed by atoms with van der Waals surface area (Å²) in [4.78, 5) is 0. The molecule has 1 heterocycles. The van der Waals surface area contributed by atoms with Crippen LogP contribution in [0.25, 0.3) is 10.8 Å². The predicted octanol–water partition coefficient (Wildman–Crippen LogP) is 3.50. The normalized spacial score (nSPS) is 19.7. The Morgan fingerprint density at radius 2 is 1.95 bits per heavy atom. The van der Waals surface area contributed by atoms with Crippen LogP contribution in [0.3, 0.4) is 0 Å². The fourth-order valence-corrected chi connectivity index (χ4v) is 2.78. The number of ether oxygens (including phenoxy) is 1. The van der Waals surface area contributed by atoms with E-state index in [9.17, 15) is 0 Å². The molecule has 100 valence electrons. The lowest BCUT2D eigenvalue weighted by Gasteiger charge is -2.23. The SMILES string of the molecule is c1ccc2c(CNCC3CCCCO3)cccc2c1. The van der Waals surface area contributed by atoms with Crippen molar-refractivity contribution in [3.63, 3.8) is 0 Å². The van der Waals surface area contributed by atoms with Gasteiger partial charge in [-0.25, -0.2) is 0 Å². The Bertz CT molecular complexity index is 526. The Hall–Kier alpha value is -1.38. The molecule has 0 aliphatic carbocycles. The van der Waals surface area contributed by atoms with Gasteiger partial charge in [0.1, 0.15) is 0 Å². The summed E-state index contributed by atoms with van der Waals surface area (Å²) < 4.78 is 5.74. The molecule has 1 saturated heterocycles. The average molecular weight is 255 g/mol. The molecule has 1 atom stereocenters. The van der Waals surface area contributed by atoms with E-state index in [1.54, 1.807) is 0 Å². The number of hydrogen-bond donors (Lipinski definition) is 1. The van der Waals surface area contributed by atoms with Gasteiger partial charge in [0.25, 0.3) is 0 Å². The lowest BCUT2D eigenvalue weighted by atomic mass is 10.0. The van der Waals surface area contributed by atoms with Crippen molar-refractivity contribution in [3.05, 3.63) is 48.0 Å². The van der Waals surface area contributed by atoms with E-state index in [0.29, 0.717) is 6.10 Å². The van der Waals surface area contributed by atoms with Gasteiger partial charge in [-0.1, -0.05) is 42.5 Å². The Morgan fingerprint density at radius 3 is 2.84 bits per heavy atom. The molecule has 1 aliphatic heterocycles. The number of benzene rings is 2. The molecular weight excluding hydrogens is 234 g/mol. The summed E-state index contributed by atoms with van der Waals surface area (Å²) in [6.07, 6.45) is 4.13. The molecule has 0 radical (unpaired) electrons. The van der Waals surface area contributed by atoms with Crippen molar-refractivity contribution >= 4 is 10.8 Å². The maximum atomic E-state index is 5.74. The fourth-order valence-electron chi connectivity index (χ4n) is 2.78. The number of nitrogens with one attached hydrogen (secondary N) is 1. The van der Waals surface area contributed by atoms with Gasteiger partial charge in [-0.3, -0.25) is 0 Å². The van der Waals surface area contributed by atoms with Crippen LogP contribution in [0.5, 0.6) is 0 Å². The standard InChI is InChI=1S/C17H21NO/c1-2-10-17-14(6-1)7-5-8-15(17)12-18-13-16-9-3-4-11-19-16/h1-2,5-8,10,16,18H,3-4,9,11-13H2. The summed E-state index contributed by atoms with van der Waals surface area (Å²) in [6, 6.07) is 15.1.